The first-order valence-electron chi connectivity index (χ1n) is 5.85. The number of hydrogen-bond donors (Lipinski definition) is 2. The highest BCUT2D eigenvalue weighted by Gasteiger charge is 2.29. The number of ether oxygens (including phenoxy) is 1. The van der Waals surface area contributed by atoms with Gasteiger partial charge in [-0.1, -0.05) is 19.8 Å². The van der Waals surface area contributed by atoms with Gasteiger partial charge in [0.15, 0.2) is 0 Å². The van der Waals surface area contributed by atoms with Gasteiger partial charge in [-0.3, -0.25) is 11.3 Å². The molecule has 0 spiro atoms. The van der Waals surface area contributed by atoms with Gasteiger partial charge in [0.05, 0.1) is 6.61 Å². The Hall–Kier alpha value is -0.120. The normalized spacial score (nSPS) is 29.4. The van der Waals surface area contributed by atoms with E-state index in [2.05, 4.69) is 12.3 Å². The van der Waals surface area contributed by atoms with Gasteiger partial charge in [-0.15, -0.1) is 0 Å². The van der Waals surface area contributed by atoms with Crippen molar-refractivity contribution in [3.05, 3.63) is 0 Å². The quantitative estimate of drug-likeness (QED) is 0.506. The van der Waals surface area contributed by atoms with Gasteiger partial charge < -0.3 is 4.74 Å². The van der Waals surface area contributed by atoms with Crippen molar-refractivity contribution in [1.82, 2.24) is 5.43 Å². The zero-order valence-electron chi connectivity index (χ0n) is 9.46. The summed E-state index contributed by atoms with van der Waals surface area (Å²) in [6, 6.07) is 0.353. The van der Waals surface area contributed by atoms with Crippen molar-refractivity contribution >= 4 is 0 Å². The number of hydrazine groups is 1. The SMILES string of the molecule is CCOCC(NN)C1CCC(CC)C1. The second kappa shape index (κ2) is 6.38. The lowest BCUT2D eigenvalue weighted by atomic mass is 9.97. The molecule has 84 valence electrons. The summed E-state index contributed by atoms with van der Waals surface area (Å²) in [6.07, 6.45) is 5.30. The average Bonchev–Trinajstić information content (AvgIpc) is 2.68. The highest BCUT2D eigenvalue weighted by atomic mass is 16.5. The summed E-state index contributed by atoms with van der Waals surface area (Å²) in [7, 11) is 0. The maximum atomic E-state index is 5.55. The zero-order chi connectivity index (χ0) is 10.4. The number of nitrogens with one attached hydrogen (secondary N) is 1. The lowest BCUT2D eigenvalue weighted by molar-refractivity contribution is 0.103. The third-order valence-electron chi connectivity index (χ3n) is 3.44. The second-order valence-corrected chi connectivity index (χ2v) is 4.28. The van der Waals surface area contributed by atoms with Gasteiger partial charge in [0, 0.05) is 12.6 Å². The molecule has 0 aliphatic heterocycles. The third-order valence-corrected chi connectivity index (χ3v) is 3.44. The van der Waals surface area contributed by atoms with Crippen LogP contribution in [0.5, 0.6) is 0 Å². The Labute approximate surface area is 87.4 Å². The van der Waals surface area contributed by atoms with E-state index in [1.54, 1.807) is 0 Å². The van der Waals surface area contributed by atoms with Crippen LogP contribution < -0.4 is 11.3 Å². The Morgan fingerprint density at radius 2 is 2.21 bits per heavy atom. The number of nitrogens with two attached hydrogens (primary N) is 1. The van der Waals surface area contributed by atoms with Gasteiger partial charge in [0.1, 0.15) is 0 Å². The van der Waals surface area contributed by atoms with E-state index in [9.17, 15) is 0 Å². The standard InChI is InChI=1S/C11H24N2O/c1-3-9-5-6-10(7-9)11(13-12)8-14-4-2/h9-11,13H,3-8,12H2,1-2H3. The maximum Gasteiger partial charge on any atom is 0.0635 e. The Kier molecular flexibility index (Phi) is 5.45. The molecular formula is C11H24N2O. The Bertz CT molecular complexity index is 152. The zero-order valence-corrected chi connectivity index (χ0v) is 9.46. The van der Waals surface area contributed by atoms with Gasteiger partial charge in [0.25, 0.3) is 0 Å². The van der Waals surface area contributed by atoms with E-state index in [4.69, 9.17) is 10.6 Å². The van der Waals surface area contributed by atoms with Gasteiger partial charge in [-0.05, 0) is 31.6 Å². The van der Waals surface area contributed by atoms with E-state index < -0.39 is 0 Å². The van der Waals surface area contributed by atoms with E-state index in [0.717, 1.165) is 25.0 Å². The van der Waals surface area contributed by atoms with Crippen LogP contribution >= 0.6 is 0 Å². The Balaban J connectivity index is 2.30. The fourth-order valence-electron chi connectivity index (χ4n) is 2.41. The van der Waals surface area contributed by atoms with Crippen LogP contribution in [0.25, 0.3) is 0 Å². The second-order valence-electron chi connectivity index (χ2n) is 4.28. The molecule has 0 aromatic carbocycles. The molecule has 0 radical (unpaired) electrons. The van der Waals surface area contributed by atoms with E-state index in [1.165, 1.54) is 25.7 Å². The molecule has 1 fully saturated rings. The molecule has 1 rings (SSSR count). The summed E-state index contributed by atoms with van der Waals surface area (Å²) in [5.74, 6) is 7.18. The molecule has 0 aromatic heterocycles. The summed E-state index contributed by atoms with van der Waals surface area (Å²) >= 11 is 0. The van der Waals surface area contributed by atoms with E-state index in [1.807, 2.05) is 6.92 Å². The molecule has 0 amide bonds. The number of rotatable bonds is 6. The smallest absolute Gasteiger partial charge is 0.0635 e. The van der Waals surface area contributed by atoms with Crippen LogP contribution in [0.15, 0.2) is 0 Å². The summed E-state index contributed by atoms with van der Waals surface area (Å²) in [4.78, 5) is 0. The van der Waals surface area contributed by atoms with Crippen molar-refractivity contribution in [2.24, 2.45) is 17.7 Å². The van der Waals surface area contributed by atoms with E-state index >= 15 is 0 Å². The van der Waals surface area contributed by atoms with Gasteiger partial charge in [0.2, 0.25) is 0 Å². The molecule has 3 unspecified atom stereocenters. The third kappa shape index (κ3) is 3.23. The van der Waals surface area contributed by atoms with Crippen LogP contribution in [0.3, 0.4) is 0 Å². The maximum absolute atomic E-state index is 5.55. The molecule has 3 atom stereocenters. The highest BCUT2D eigenvalue weighted by Crippen LogP contribution is 2.34. The largest absolute Gasteiger partial charge is 0.380 e. The van der Waals surface area contributed by atoms with Gasteiger partial charge >= 0.3 is 0 Å². The van der Waals surface area contributed by atoms with Gasteiger partial charge in [-0.2, -0.15) is 0 Å². The first kappa shape index (κ1) is 12.0. The summed E-state index contributed by atoms with van der Waals surface area (Å²) < 4.78 is 5.43. The highest BCUT2D eigenvalue weighted by molar-refractivity contribution is 4.83. The predicted octanol–water partition coefficient (Wildman–Crippen LogP) is 1.68. The molecule has 0 saturated heterocycles. The van der Waals surface area contributed by atoms with Crippen LogP contribution in [0, 0.1) is 11.8 Å². The minimum absolute atomic E-state index is 0.353. The molecule has 1 aliphatic carbocycles. The minimum Gasteiger partial charge on any atom is -0.380 e. The predicted molar refractivity (Wildman–Crippen MR) is 58.7 cm³/mol. The topological polar surface area (TPSA) is 47.3 Å². The molecule has 0 heterocycles. The van der Waals surface area contributed by atoms with Crippen molar-refractivity contribution in [3.8, 4) is 0 Å². The van der Waals surface area contributed by atoms with Gasteiger partial charge in [-0.25, -0.2) is 0 Å². The molecule has 0 bridgehead atoms. The van der Waals surface area contributed by atoms with E-state index in [-0.39, 0.29) is 0 Å². The Morgan fingerprint density at radius 3 is 2.71 bits per heavy atom. The average molecular weight is 200 g/mol. The van der Waals surface area contributed by atoms with Crippen molar-refractivity contribution in [1.29, 1.82) is 0 Å². The fraction of sp³-hybridized carbons (Fsp3) is 1.00. The van der Waals surface area contributed by atoms with Crippen molar-refractivity contribution in [3.63, 3.8) is 0 Å². The van der Waals surface area contributed by atoms with Crippen LogP contribution in [0.2, 0.25) is 0 Å². The Morgan fingerprint density at radius 1 is 1.43 bits per heavy atom. The van der Waals surface area contributed by atoms with Crippen LogP contribution in [-0.2, 0) is 4.74 Å². The molecule has 1 aliphatic rings. The molecule has 3 heteroatoms. The molecule has 3 N–H and O–H groups in total. The molecule has 14 heavy (non-hydrogen) atoms. The fourth-order valence-corrected chi connectivity index (χ4v) is 2.41. The van der Waals surface area contributed by atoms with Crippen molar-refractivity contribution in [2.75, 3.05) is 13.2 Å². The van der Waals surface area contributed by atoms with Crippen LogP contribution in [0.4, 0.5) is 0 Å². The van der Waals surface area contributed by atoms with E-state index in [0.29, 0.717) is 6.04 Å². The lowest BCUT2D eigenvalue weighted by Gasteiger charge is -2.22. The molecular weight excluding hydrogens is 176 g/mol. The molecule has 1 saturated carbocycles. The van der Waals surface area contributed by atoms with Crippen LogP contribution in [-0.4, -0.2) is 19.3 Å². The van der Waals surface area contributed by atoms with Crippen LogP contribution in [0.1, 0.15) is 39.5 Å². The summed E-state index contributed by atoms with van der Waals surface area (Å²) in [5.41, 5.74) is 2.90. The minimum atomic E-state index is 0.353. The summed E-state index contributed by atoms with van der Waals surface area (Å²) in [6.45, 7) is 5.84. The first-order chi connectivity index (χ1) is 6.81. The first-order valence-corrected chi connectivity index (χ1v) is 5.85. The molecule has 3 nitrogen and oxygen atoms in total. The van der Waals surface area contributed by atoms with Crippen molar-refractivity contribution in [2.45, 2.75) is 45.6 Å². The monoisotopic (exact) mass is 200 g/mol. The lowest BCUT2D eigenvalue weighted by Crippen LogP contribution is -2.43. The summed E-state index contributed by atoms with van der Waals surface area (Å²) in [5, 5.41) is 0. The number of hydrogen-bond acceptors (Lipinski definition) is 3. The van der Waals surface area contributed by atoms with Crippen molar-refractivity contribution < 1.29 is 4.74 Å². The molecule has 0 aromatic rings.